The third kappa shape index (κ3) is 2.90. The average Bonchev–Trinajstić information content (AvgIpc) is 2.37. The molecule has 0 unspecified atom stereocenters. The summed E-state index contributed by atoms with van der Waals surface area (Å²) in [5.74, 6) is 0.221. The fourth-order valence-corrected chi connectivity index (χ4v) is 1.67. The lowest BCUT2D eigenvalue weighted by Gasteiger charge is -2.06. The Morgan fingerprint density at radius 3 is 2.42 bits per heavy atom. The number of primary amides is 1. The Morgan fingerprint density at radius 1 is 1.33 bits per heavy atom. The second-order valence-electron chi connectivity index (χ2n) is 3.27. The lowest BCUT2D eigenvalue weighted by molar-refractivity contribution is -0.120. The highest BCUT2D eigenvalue weighted by atomic mass is 16.2. The summed E-state index contributed by atoms with van der Waals surface area (Å²) in [6, 6.07) is -0.752. The first-order chi connectivity index (χ1) is 5.68. The van der Waals surface area contributed by atoms with Crippen molar-refractivity contribution in [3.8, 4) is 0 Å². The molecule has 0 aromatic rings. The molecule has 3 N–H and O–H groups in total. The van der Waals surface area contributed by atoms with Crippen molar-refractivity contribution in [2.75, 3.05) is 0 Å². The Bertz CT molecular complexity index is 185. The highest BCUT2D eigenvalue weighted by Crippen LogP contribution is 2.27. The normalized spacial score (nSPS) is 17.7. The zero-order valence-electron chi connectivity index (χ0n) is 7.01. The molecule has 0 radical (unpaired) electrons. The second kappa shape index (κ2) is 4.09. The first-order valence-corrected chi connectivity index (χ1v) is 4.28. The summed E-state index contributed by atoms with van der Waals surface area (Å²) in [4.78, 5) is 21.3. The zero-order chi connectivity index (χ0) is 8.97. The van der Waals surface area contributed by atoms with E-state index < -0.39 is 6.03 Å². The molecule has 0 spiro atoms. The summed E-state index contributed by atoms with van der Waals surface area (Å²) in [5.41, 5.74) is 4.80. The number of hydrogen-bond acceptors (Lipinski definition) is 2. The van der Waals surface area contributed by atoms with Crippen LogP contribution in [0, 0.1) is 5.92 Å². The summed E-state index contributed by atoms with van der Waals surface area (Å²) in [5, 5.41) is 2.07. The van der Waals surface area contributed by atoms with Crippen molar-refractivity contribution < 1.29 is 9.59 Å². The molecule has 0 saturated heterocycles. The maximum Gasteiger partial charge on any atom is 0.318 e. The number of amides is 3. The monoisotopic (exact) mass is 170 g/mol. The van der Waals surface area contributed by atoms with E-state index in [2.05, 4.69) is 5.32 Å². The van der Waals surface area contributed by atoms with Gasteiger partial charge in [-0.2, -0.15) is 0 Å². The number of carbonyl (C=O) groups is 2. The fraction of sp³-hybridized carbons (Fsp3) is 0.750. The van der Waals surface area contributed by atoms with Gasteiger partial charge in [0.1, 0.15) is 0 Å². The molecule has 1 aliphatic carbocycles. The van der Waals surface area contributed by atoms with Crippen LogP contribution in [-0.4, -0.2) is 11.9 Å². The molecule has 1 fully saturated rings. The van der Waals surface area contributed by atoms with Crippen LogP contribution in [0.15, 0.2) is 0 Å². The van der Waals surface area contributed by atoms with E-state index in [1.165, 1.54) is 12.8 Å². The third-order valence-corrected chi connectivity index (χ3v) is 2.21. The minimum atomic E-state index is -0.752. The summed E-state index contributed by atoms with van der Waals surface area (Å²) in [6.07, 6.45) is 5.06. The molecule has 0 aromatic heterocycles. The molecule has 1 rings (SSSR count). The molecule has 12 heavy (non-hydrogen) atoms. The second-order valence-corrected chi connectivity index (χ2v) is 3.27. The molecular weight excluding hydrogens is 156 g/mol. The van der Waals surface area contributed by atoms with Crippen LogP contribution in [0.1, 0.15) is 32.1 Å². The van der Waals surface area contributed by atoms with Gasteiger partial charge in [0.25, 0.3) is 0 Å². The van der Waals surface area contributed by atoms with Gasteiger partial charge in [-0.25, -0.2) is 4.79 Å². The lowest BCUT2D eigenvalue weighted by Crippen LogP contribution is -2.35. The van der Waals surface area contributed by atoms with E-state index in [0.29, 0.717) is 12.3 Å². The van der Waals surface area contributed by atoms with Gasteiger partial charge in [0.15, 0.2) is 0 Å². The van der Waals surface area contributed by atoms with Crippen LogP contribution in [0.25, 0.3) is 0 Å². The maximum atomic E-state index is 11.0. The SMILES string of the molecule is NC(=O)NC(=O)CC1CCCC1. The minimum absolute atomic E-state index is 0.241. The zero-order valence-corrected chi connectivity index (χ0v) is 7.01. The molecule has 4 nitrogen and oxygen atoms in total. The van der Waals surface area contributed by atoms with Gasteiger partial charge in [0.05, 0.1) is 0 Å². The van der Waals surface area contributed by atoms with Gasteiger partial charge in [-0.05, 0) is 18.8 Å². The van der Waals surface area contributed by atoms with Crippen LogP contribution < -0.4 is 11.1 Å². The number of imide groups is 1. The van der Waals surface area contributed by atoms with Crippen LogP contribution in [0.2, 0.25) is 0 Å². The largest absolute Gasteiger partial charge is 0.351 e. The standard InChI is InChI=1S/C8H14N2O2/c9-8(12)10-7(11)5-6-3-1-2-4-6/h6H,1-5H2,(H3,9,10,11,12). The molecular formula is C8H14N2O2. The van der Waals surface area contributed by atoms with Gasteiger partial charge in [-0.1, -0.05) is 12.8 Å². The molecule has 68 valence electrons. The van der Waals surface area contributed by atoms with Crippen LogP contribution >= 0.6 is 0 Å². The first-order valence-electron chi connectivity index (χ1n) is 4.28. The molecule has 4 heteroatoms. The number of urea groups is 1. The summed E-state index contributed by atoms with van der Waals surface area (Å²) >= 11 is 0. The Kier molecular flexibility index (Phi) is 3.08. The van der Waals surface area contributed by atoms with Gasteiger partial charge in [0.2, 0.25) is 5.91 Å². The number of nitrogens with one attached hydrogen (secondary N) is 1. The van der Waals surface area contributed by atoms with E-state index in [9.17, 15) is 9.59 Å². The van der Waals surface area contributed by atoms with Crippen LogP contribution in [0.3, 0.4) is 0 Å². The molecule has 1 saturated carbocycles. The highest BCUT2D eigenvalue weighted by Gasteiger charge is 2.18. The van der Waals surface area contributed by atoms with Crippen molar-refractivity contribution in [3.05, 3.63) is 0 Å². The van der Waals surface area contributed by atoms with E-state index in [0.717, 1.165) is 12.8 Å². The van der Waals surface area contributed by atoms with Crippen LogP contribution in [0.5, 0.6) is 0 Å². The Morgan fingerprint density at radius 2 is 1.92 bits per heavy atom. The van der Waals surface area contributed by atoms with Gasteiger partial charge in [-0.15, -0.1) is 0 Å². The van der Waals surface area contributed by atoms with Crippen LogP contribution in [-0.2, 0) is 4.79 Å². The number of rotatable bonds is 2. The maximum absolute atomic E-state index is 11.0. The number of carbonyl (C=O) groups excluding carboxylic acids is 2. The summed E-state index contributed by atoms with van der Waals surface area (Å²) < 4.78 is 0. The number of nitrogens with two attached hydrogens (primary N) is 1. The van der Waals surface area contributed by atoms with Gasteiger partial charge < -0.3 is 5.73 Å². The third-order valence-electron chi connectivity index (χ3n) is 2.21. The Balaban J connectivity index is 2.20. The molecule has 0 heterocycles. The van der Waals surface area contributed by atoms with Gasteiger partial charge >= 0.3 is 6.03 Å². The minimum Gasteiger partial charge on any atom is -0.351 e. The van der Waals surface area contributed by atoms with Crippen molar-refractivity contribution in [2.45, 2.75) is 32.1 Å². The van der Waals surface area contributed by atoms with Crippen molar-refractivity contribution in [1.82, 2.24) is 5.32 Å². The van der Waals surface area contributed by atoms with Crippen molar-refractivity contribution in [1.29, 1.82) is 0 Å². The van der Waals surface area contributed by atoms with E-state index >= 15 is 0 Å². The van der Waals surface area contributed by atoms with E-state index in [1.54, 1.807) is 0 Å². The smallest absolute Gasteiger partial charge is 0.318 e. The van der Waals surface area contributed by atoms with Crippen molar-refractivity contribution in [2.24, 2.45) is 11.7 Å². The first kappa shape index (κ1) is 9.03. The molecule has 1 aliphatic rings. The molecule has 0 aliphatic heterocycles. The Labute approximate surface area is 71.5 Å². The van der Waals surface area contributed by atoms with Gasteiger partial charge in [-0.3, -0.25) is 10.1 Å². The molecule has 0 atom stereocenters. The van der Waals surface area contributed by atoms with Crippen molar-refractivity contribution >= 4 is 11.9 Å². The molecule has 3 amide bonds. The lowest BCUT2D eigenvalue weighted by atomic mass is 10.0. The van der Waals surface area contributed by atoms with E-state index in [-0.39, 0.29) is 5.91 Å². The number of hydrogen-bond donors (Lipinski definition) is 2. The fourth-order valence-electron chi connectivity index (χ4n) is 1.67. The molecule has 0 bridgehead atoms. The Hall–Kier alpha value is -1.06. The highest BCUT2D eigenvalue weighted by molar-refractivity contribution is 5.93. The predicted molar refractivity (Wildman–Crippen MR) is 44.3 cm³/mol. The molecule has 0 aromatic carbocycles. The quantitative estimate of drug-likeness (QED) is 0.642. The van der Waals surface area contributed by atoms with Crippen LogP contribution in [0.4, 0.5) is 4.79 Å². The van der Waals surface area contributed by atoms with Crippen molar-refractivity contribution in [3.63, 3.8) is 0 Å². The van der Waals surface area contributed by atoms with Gasteiger partial charge in [0, 0.05) is 6.42 Å². The topological polar surface area (TPSA) is 72.2 Å². The van der Waals surface area contributed by atoms with E-state index in [4.69, 9.17) is 5.73 Å². The average molecular weight is 170 g/mol. The predicted octanol–water partition coefficient (Wildman–Crippen LogP) is 0.762. The summed E-state index contributed by atoms with van der Waals surface area (Å²) in [7, 11) is 0. The summed E-state index contributed by atoms with van der Waals surface area (Å²) in [6.45, 7) is 0. The van der Waals surface area contributed by atoms with E-state index in [1.807, 2.05) is 0 Å².